The fourth-order valence-electron chi connectivity index (χ4n) is 1.61. The van der Waals surface area contributed by atoms with Crippen molar-refractivity contribution in [3.05, 3.63) is 0 Å². The second-order valence-corrected chi connectivity index (χ2v) is 6.47. The van der Waals surface area contributed by atoms with Crippen LogP contribution in [0.15, 0.2) is 0 Å². The summed E-state index contributed by atoms with van der Waals surface area (Å²) in [4.78, 5) is 0. The van der Waals surface area contributed by atoms with Gasteiger partial charge in [-0.05, 0) is 32.9 Å². The van der Waals surface area contributed by atoms with E-state index in [0.717, 1.165) is 13.0 Å². The summed E-state index contributed by atoms with van der Waals surface area (Å²) in [6.45, 7) is 5.32. The van der Waals surface area contributed by atoms with Gasteiger partial charge in [0.05, 0.1) is 5.25 Å². The molecular weight excluding hydrogens is 238 g/mol. The predicted molar refractivity (Wildman–Crippen MR) is 71.9 cm³/mol. The van der Waals surface area contributed by atoms with Crippen molar-refractivity contribution in [3.8, 4) is 0 Å². The molecule has 0 bridgehead atoms. The van der Waals surface area contributed by atoms with Crippen LogP contribution < -0.4 is 5.32 Å². The zero-order valence-electron chi connectivity index (χ0n) is 11.1. The second-order valence-electron chi connectivity index (χ2n) is 4.63. The molecular formula is C12H27NO3S. The largest absolute Gasteiger partial charge is 0.317 e. The summed E-state index contributed by atoms with van der Waals surface area (Å²) in [5.74, 6) is 0. The maximum Gasteiger partial charge on any atom is 0.267 e. The van der Waals surface area contributed by atoms with E-state index < -0.39 is 15.4 Å². The Bertz CT molecular complexity index is 265. The molecule has 0 saturated carbocycles. The summed E-state index contributed by atoms with van der Waals surface area (Å²) < 4.78 is 30.2. The van der Waals surface area contributed by atoms with Crippen molar-refractivity contribution in [2.24, 2.45) is 0 Å². The molecule has 1 atom stereocenters. The lowest BCUT2D eigenvalue weighted by Gasteiger charge is -2.08. The highest BCUT2D eigenvalue weighted by Crippen LogP contribution is 2.04. The zero-order chi connectivity index (χ0) is 13.1. The van der Waals surface area contributed by atoms with Gasteiger partial charge >= 0.3 is 0 Å². The highest BCUT2D eigenvalue weighted by molar-refractivity contribution is 7.86. The van der Waals surface area contributed by atoms with Gasteiger partial charge in [0.15, 0.2) is 0 Å². The van der Waals surface area contributed by atoms with Gasteiger partial charge in [-0.2, -0.15) is 8.42 Å². The number of hydrogen-bond acceptors (Lipinski definition) is 3. The molecule has 0 aliphatic heterocycles. The number of rotatable bonds is 11. The summed E-state index contributed by atoms with van der Waals surface area (Å²) in [5.41, 5.74) is 0. The maximum absolute atomic E-state index is 10.7. The summed E-state index contributed by atoms with van der Waals surface area (Å²) in [7, 11) is -3.85. The molecule has 0 spiro atoms. The number of hydrogen-bond donors (Lipinski definition) is 2. The van der Waals surface area contributed by atoms with E-state index in [2.05, 4.69) is 12.2 Å². The van der Waals surface area contributed by atoms with E-state index in [1.807, 2.05) is 0 Å². The third-order valence-corrected chi connectivity index (χ3v) is 4.20. The van der Waals surface area contributed by atoms with Gasteiger partial charge in [0, 0.05) is 0 Å². The van der Waals surface area contributed by atoms with E-state index in [-0.39, 0.29) is 0 Å². The number of unbranched alkanes of at least 4 members (excludes halogenated alkanes) is 5. The summed E-state index contributed by atoms with van der Waals surface area (Å²) >= 11 is 0. The maximum atomic E-state index is 10.7. The molecule has 0 aliphatic carbocycles. The van der Waals surface area contributed by atoms with E-state index in [9.17, 15) is 8.42 Å². The highest BCUT2D eigenvalue weighted by Gasteiger charge is 2.15. The Morgan fingerprint density at radius 1 is 1.06 bits per heavy atom. The van der Waals surface area contributed by atoms with Crippen LogP contribution in [-0.2, 0) is 10.1 Å². The van der Waals surface area contributed by atoms with E-state index >= 15 is 0 Å². The fourth-order valence-corrected chi connectivity index (χ4v) is 2.03. The normalized spacial score (nSPS) is 13.8. The smallest absolute Gasteiger partial charge is 0.267 e. The van der Waals surface area contributed by atoms with Crippen molar-refractivity contribution in [1.82, 2.24) is 5.32 Å². The van der Waals surface area contributed by atoms with Crippen LogP contribution >= 0.6 is 0 Å². The molecule has 0 heterocycles. The lowest BCUT2D eigenvalue weighted by Crippen LogP contribution is -2.24. The van der Waals surface area contributed by atoms with E-state index in [1.165, 1.54) is 39.0 Å². The van der Waals surface area contributed by atoms with Crippen LogP contribution in [0.5, 0.6) is 0 Å². The van der Waals surface area contributed by atoms with Gasteiger partial charge in [-0.1, -0.05) is 39.0 Å². The molecule has 104 valence electrons. The Morgan fingerprint density at radius 2 is 1.65 bits per heavy atom. The lowest BCUT2D eigenvalue weighted by molar-refractivity contribution is 0.462. The molecule has 0 fully saturated rings. The van der Waals surface area contributed by atoms with Crippen LogP contribution in [0.2, 0.25) is 0 Å². The fraction of sp³-hybridized carbons (Fsp3) is 1.00. The topological polar surface area (TPSA) is 66.4 Å². The molecule has 17 heavy (non-hydrogen) atoms. The third kappa shape index (κ3) is 10.7. The Kier molecular flexibility index (Phi) is 9.78. The quantitative estimate of drug-likeness (QED) is 0.445. The van der Waals surface area contributed by atoms with Gasteiger partial charge in [0.25, 0.3) is 10.1 Å². The highest BCUT2D eigenvalue weighted by atomic mass is 32.2. The first-order chi connectivity index (χ1) is 7.98. The molecule has 5 heteroatoms. The van der Waals surface area contributed by atoms with Crippen LogP contribution in [0.25, 0.3) is 0 Å². The Labute approximate surface area is 106 Å². The predicted octanol–water partition coefficient (Wildman–Crippen LogP) is 2.60. The molecule has 0 amide bonds. The van der Waals surface area contributed by atoms with Crippen LogP contribution in [0.4, 0.5) is 0 Å². The average molecular weight is 265 g/mol. The van der Waals surface area contributed by atoms with Crippen molar-refractivity contribution in [3.63, 3.8) is 0 Å². The van der Waals surface area contributed by atoms with Crippen molar-refractivity contribution < 1.29 is 13.0 Å². The van der Waals surface area contributed by atoms with Crippen molar-refractivity contribution in [2.45, 2.75) is 64.0 Å². The van der Waals surface area contributed by atoms with Gasteiger partial charge < -0.3 is 5.32 Å². The minimum atomic E-state index is -3.85. The van der Waals surface area contributed by atoms with E-state index in [1.54, 1.807) is 0 Å². The first-order valence-electron chi connectivity index (χ1n) is 6.65. The molecule has 0 aromatic heterocycles. The molecule has 1 unspecified atom stereocenters. The van der Waals surface area contributed by atoms with Crippen molar-refractivity contribution >= 4 is 10.1 Å². The molecule has 0 aromatic carbocycles. The first-order valence-corrected chi connectivity index (χ1v) is 8.15. The third-order valence-electron chi connectivity index (χ3n) is 2.94. The monoisotopic (exact) mass is 265 g/mol. The lowest BCUT2D eigenvalue weighted by atomic mass is 10.1. The second kappa shape index (κ2) is 9.85. The average Bonchev–Trinajstić information content (AvgIpc) is 2.25. The van der Waals surface area contributed by atoms with Crippen LogP contribution in [-0.4, -0.2) is 31.3 Å². The molecule has 4 nitrogen and oxygen atoms in total. The Balaban J connectivity index is 3.24. The summed E-state index contributed by atoms with van der Waals surface area (Å²) in [5, 5.41) is 2.54. The van der Waals surface area contributed by atoms with Crippen molar-refractivity contribution in [2.75, 3.05) is 13.1 Å². The summed E-state index contributed by atoms with van der Waals surface area (Å²) in [6.07, 6.45) is 8.04. The SMILES string of the molecule is CCCCCCCCNCCC(C)S(=O)(=O)O. The van der Waals surface area contributed by atoms with Gasteiger partial charge in [0.1, 0.15) is 0 Å². The number of nitrogens with one attached hydrogen (secondary N) is 1. The molecule has 0 rings (SSSR count). The van der Waals surface area contributed by atoms with E-state index in [4.69, 9.17) is 4.55 Å². The van der Waals surface area contributed by atoms with Crippen LogP contribution in [0, 0.1) is 0 Å². The minimum Gasteiger partial charge on any atom is -0.317 e. The van der Waals surface area contributed by atoms with Gasteiger partial charge in [0.2, 0.25) is 0 Å². The molecule has 0 saturated heterocycles. The van der Waals surface area contributed by atoms with E-state index in [0.29, 0.717) is 13.0 Å². The zero-order valence-corrected chi connectivity index (χ0v) is 11.9. The molecule has 0 radical (unpaired) electrons. The first kappa shape index (κ1) is 16.9. The van der Waals surface area contributed by atoms with Crippen LogP contribution in [0.1, 0.15) is 58.8 Å². The Hall–Kier alpha value is -0.130. The molecule has 0 aliphatic rings. The van der Waals surface area contributed by atoms with Gasteiger partial charge in [-0.3, -0.25) is 4.55 Å². The standard InChI is InChI=1S/C12H27NO3S/c1-3-4-5-6-7-8-10-13-11-9-12(2)17(14,15)16/h12-13H,3-11H2,1-2H3,(H,14,15,16). The van der Waals surface area contributed by atoms with Gasteiger partial charge in [-0.25, -0.2) is 0 Å². The summed E-state index contributed by atoms with van der Waals surface area (Å²) in [6, 6.07) is 0. The van der Waals surface area contributed by atoms with Crippen molar-refractivity contribution in [1.29, 1.82) is 0 Å². The molecule has 2 N–H and O–H groups in total. The van der Waals surface area contributed by atoms with Gasteiger partial charge in [-0.15, -0.1) is 0 Å². The Morgan fingerprint density at radius 3 is 2.24 bits per heavy atom. The molecule has 0 aromatic rings. The van der Waals surface area contributed by atoms with Crippen LogP contribution in [0.3, 0.4) is 0 Å². The minimum absolute atomic E-state index is 0.467.